The van der Waals surface area contributed by atoms with Crippen LogP contribution in [0.2, 0.25) is 0 Å². The Hall–Kier alpha value is -2.92. The number of Topliss-reactive ketones (excluding diaryl/α,β-unsaturated/α-hetero) is 1. The van der Waals surface area contributed by atoms with Gasteiger partial charge in [0, 0.05) is 25.6 Å². The Morgan fingerprint density at radius 3 is 2.49 bits per heavy atom. The van der Waals surface area contributed by atoms with Crippen LogP contribution in [-0.2, 0) is 31.9 Å². The molecule has 1 aliphatic carbocycles. The number of morpholine rings is 1. The topological polar surface area (TPSA) is 77.5 Å². The molecule has 1 aromatic heterocycles. The molecule has 236 valence electrons. The maximum absolute atomic E-state index is 14.9. The lowest BCUT2D eigenvalue weighted by Crippen LogP contribution is -2.49. The molecule has 2 heterocycles. The molecule has 2 aliphatic rings. The highest BCUT2D eigenvalue weighted by Crippen LogP contribution is 2.38. The van der Waals surface area contributed by atoms with Crippen molar-refractivity contribution in [1.29, 1.82) is 0 Å². The number of aromatic nitrogens is 1. The third-order valence-electron chi connectivity index (χ3n) is 8.39. The molecular weight excluding hydrogens is 571 g/mol. The third kappa shape index (κ3) is 10.6. The van der Waals surface area contributed by atoms with E-state index in [-0.39, 0.29) is 49.3 Å². The van der Waals surface area contributed by atoms with Gasteiger partial charge in [0.05, 0.1) is 37.8 Å². The molecule has 0 spiro atoms. The number of benzene rings is 1. The lowest BCUT2D eigenvalue weighted by atomic mass is 9.74. The molecule has 0 bridgehead atoms. The molecule has 1 saturated carbocycles. The van der Waals surface area contributed by atoms with E-state index >= 15 is 0 Å². The van der Waals surface area contributed by atoms with E-state index in [1.165, 1.54) is 24.8 Å². The molecule has 1 aromatic carbocycles. The average Bonchev–Trinajstić information content (AvgIpc) is 2.99. The molecule has 0 unspecified atom stereocenters. The Labute approximate surface area is 248 Å². The molecular formula is C32H39F5N2O4. The number of esters is 1. The molecule has 1 aliphatic heterocycles. The number of nitrogens with one attached hydrogen (secondary N) is 1. The number of carbonyl (C=O) groups excluding carboxylic acids is 2. The van der Waals surface area contributed by atoms with E-state index in [9.17, 15) is 31.5 Å². The van der Waals surface area contributed by atoms with Crippen LogP contribution in [0.15, 0.2) is 36.7 Å². The van der Waals surface area contributed by atoms with Gasteiger partial charge in [-0.3, -0.25) is 14.6 Å². The van der Waals surface area contributed by atoms with Crippen LogP contribution in [0.25, 0.3) is 0 Å². The largest absolute Gasteiger partial charge is 0.464 e. The Morgan fingerprint density at radius 1 is 1.07 bits per heavy atom. The molecule has 2 aromatic rings. The van der Waals surface area contributed by atoms with Crippen molar-refractivity contribution in [3.8, 4) is 0 Å². The smallest absolute Gasteiger partial charge is 0.389 e. The standard InChI is InChI=1S/C32H39F5N2O4/c33-24-8-6-22(7-9-24)29(21-4-2-1-3-5-21)15-26(40)14-23-16-38-18-30(34)28(23)11-10-27-17-39-25(19-42-27)20-43-31(41)12-13-32(35,36)37/h6-9,16,18,21,25,27,29,39H,1-5,10-15,17,19-20H2/t25-,27+,29+/m0/s1. The van der Waals surface area contributed by atoms with Gasteiger partial charge in [0.15, 0.2) is 0 Å². The minimum Gasteiger partial charge on any atom is -0.464 e. The Bertz CT molecular complexity index is 1190. The quantitative estimate of drug-likeness (QED) is 0.209. The highest BCUT2D eigenvalue weighted by Gasteiger charge is 2.30. The maximum Gasteiger partial charge on any atom is 0.389 e. The molecule has 2 fully saturated rings. The van der Waals surface area contributed by atoms with E-state index in [2.05, 4.69) is 10.3 Å². The molecule has 11 heteroatoms. The van der Waals surface area contributed by atoms with Gasteiger partial charge in [-0.05, 0) is 66.3 Å². The summed E-state index contributed by atoms with van der Waals surface area (Å²) in [7, 11) is 0. The van der Waals surface area contributed by atoms with Crippen LogP contribution in [0.1, 0.15) is 80.4 Å². The zero-order valence-electron chi connectivity index (χ0n) is 24.1. The number of halogens is 5. The maximum atomic E-state index is 14.9. The van der Waals surface area contributed by atoms with Crippen LogP contribution in [-0.4, -0.2) is 54.8 Å². The van der Waals surface area contributed by atoms with Crippen molar-refractivity contribution in [3.05, 3.63) is 65.0 Å². The van der Waals surface area contributed by atoms with Crippen LogP contribution >= 0.6 is 0 Å². The number of ketones is 1. The zero-order valence-corrected chi connectivity index (χ0v) is 24.1. The summed E-state index contributed by atoms with van der Waals surface area (Å²) >= 11 is 0. The predicted octanol–water partition coefficient (Wildman–Crippen LogP) is 6.40. The van der Waals surface area contributed by atoms with Gasteiger partial charge in [0.1, 0.15) is 24.0 Å². The van der Waals surface area contributed by atoms with Crippen molar-refractivity contribution in [3.63, 3.8) is 0 Å². The number of pyridine rings is 1. The monoisotopic (exact) mass is 610 g/mol. The molecule has 4 rings (SSSR count). The van der Waals surface area contributed by atoms with Gasteiger partial charge in [0.2, 0.25) is 0 Å². The first kappa shape index (κ1) is 33.0. The lowest BCUT2D eigenvalue weighted by Gasteiger charge is -2.31. The van der Waals surface area contributed by atoms with Gasteiger partial charge in [-0.25, -0.2) is 8.78 Å². The van der Waals surface area contributed by atoms with Crippen LogP contribution in [0, 0.1) is 17.6 Å². The molecule has 6 nitrogen and oxygen atoms in total. The van der Waals surface area contributed by atoms with Crippen molar-refractivity contribution in [2.75, 3.05) is 19.8 Å². The summed E-state index contributed by atoms with van der Waals surface area (Å²) < 4.78 is 76.0. The molecule has 43 heavy (non-hydrogen) atoms. The molecule has 3 atom stereocenters. The Morgan fingerprint density at radius 2 is 1.81 bits per heavy atom. The van der Waals surface area contributed by atoms with Gasteiger partial charge in [-0.2, -0.15) is 13.2 Å². The first-order valence-electron chi connectivity index (χ1n) is 15.0. The highest BCUT2D eigenvalue weighted by atomic mass is 19.4. The van der Waals surface area contributed by atoms with E-state index in [0.717, 1.165) is 37.4 Å². The SMILES string of the molecule is O=C(Cc1cncc(F)c1CC[C@@H]1CN[C@H](COC(=O)CCC(F)(F)F)CO1)C[C@@H](c1ccc(F)cc1)C1CCCCC1. The number of hydrogen-bond donors (Lipinski definition) is 1. The number of carbonyl (C=O) groups is 2. The van der Waals surface area contributed by atoms with Crippen LogP contribution in [0.4, 0.5) is 22.0 Å². The Balaban J connectivity index is 1.28. The molecule has 1 saturated heterocycles. The summed E-state index contributed by atoms with van der Waals surface area (Å²) in [6.45, 7) is 0.480. The third-order valence-corrected chi connectivity index (χ3v) is 8.39. The van der Waals surface area contributed by atoms with Crippen molar-refractivity contribution in [2.45, 2.75) is 94.9 Å². The number of ether oxygens (including phenoxy) is 2. The second kappa shape index (κ2) is 15.7. The molecule has 0 radical (unpaired) electrons. The first-order chi connectivity index (χ1) is 20.6. The van der Waals surface area contributed by atoms with Crippen molar-refractivity contribution in [2.24, 2.45) is 5.92 Å². The van der Waals surface area contributed by atoms with E-state index in [4.69, 9.17) is 9.47 Å². The normalized spacial score (nSPS) is 20.5. The van der Waals surface area contributed by atoms with E-state index < -0.39 is 30.8 Å². The van der Waals surface area contributed by atoms with Gasteiger partial charge < -0.3 is 14.8 Å². The molecule has 0 amide bonds. The lowest BCUT2D eigenvalue weighted by molar-refractivity contribution is -0.158. The van der Waals surface area contributed by atoms with Crippen LogP contribution < -0.4 is 5.32 Å². The van der Waals surface area contributed by atoms with Crippen LogP contribution in [0.3, 0.4) is 0 Å². The minimum atomic E-state index is -4.42. The average molecular weight is 611 g/mol. The fourth-order valence-corrected chi connectivity index (χ4v) is 6.04. The number of alkyl halides is 3. The second-order valence-corrected chi connectivity index (χ2v) is 11.6. The van der Waals surface area contributed by atoms with Gasteiger partial charge in [-0.15, -0.1) is 0 Å². The summed E-state index contributed by atoms with van der Waals surface area (Å²) in [6.07, 6.45) is 2.63. The summed E-state index contributed by atoms with van der Waals surface area (Å²) in [5, 5.41) is 3.16. The van der Waals surface area contributed by atoms with E-state index in [1.54, 1.807) is 12.1 Å². The number of hydrogen-bond acceptors (Lipinski definition) is 6. The highest BCUT2D eigenvalue weighted by molar-refractivity contribution is 5.82. The Kier molecular flexibility index (Phi) is 12.0. The molecule has 1 N–H and O–H groups in total. The summed E-state index contributed by atoms with van der Waals surface area (Å²) in [5.74, 6) is -1.41. The number of rotatable bonds is 13. The number of nitrogens with zero attached hydrogens (tertiary/aromatic N) is 1. The fraction of sp³-hybridized carbons (Fsp3) is 0.594. The van der Waals surface area contributed by atoms with Crippen molar-refractivity contribution >= 4 is 11.8 Å². The zero-order chi connectivity index (χ0) is 30.8. The van der Waals surface area contributed by atoms with Crippen molar-refractivity contribution < 1.29 is 41.0 Å². The van der Waals surface area contributed by atoms with E-state index in [1.807, 2.05) is 0 Å². The van der Waals surface area contributed by atoms with Crippen molar-refractivity contribution in [1.82, 2.24) is 10.3 Å². The van der Waals surface area contributed by atoms with E-state index in [0.29, 0.717) is 42.9 Å². The predicted molar refractivity (Wildman–Crippen MR) is 149 cm³/mol. The minimum absolute atomic E-state index is 0.0167. The second-order valence-electron chi connectivity index (χ2n) is 11.6. The fourth-order valence-electron chi connectivity index (χ4n) is 6.04. The summed E-state index contributed by atoms with van der Waals surface area (Å²) in [5.41, 5.74) is 1.91. The summed E-state index contributed by atoms with van der Waals surface area (Å²) in [4.78, 5) is 28.9. The first-order valence-corrected chi connectivity index (χ1v) is 15.0. The van der Waals surface area contributed by atoms with Crippen LogP contribution in [0.5, 0.6) is 0 Å². The van der Waals surface area contributed by atoms with Gasteiger partial charge in [0.25, 0.3) is 0 Å². The summed E-state index contributed by atoms with van der Waals surface area (Å²) in [6, 6.07) is 6.03. The van der Waals surface area contributed by atoms with Gasteiger partial charge >= 0.3 is 12.1 Å². The van der Waals surface area contributed by atoms with Gasteiger partial charge in [-0.1, -0.05) is 31.4 Å².